The van der Waals surface area contributed by atoms with E-state index in [0.717, 1.165) is 25.9 Å². The number of fused-ring (bicyclic) bond motifs is 1. The number of hydrogen-bond acceptors (Lipinski definition) is 1. The summed E-state index contributed by atoms with van der Waals surface area (Å²) in [4.78, 5) is 15.9. The molecule has 3 heteroatoms. The fourth-order valence-electron chi connectivity index (χ4n) is 2.60. The van der Waals surface area contributed by atoms with Crippen molar-refractivity contribution in [3.8, 4) is 0 Å². The quantitative estimate of drug-likeness (QED) is 0.615. The Morgan fingerprint density at radius 1 is 1.36 bits per heavy atom. The van der Waals surface area contributed by atoms with E-state index in [9.17, 15) is 4.79 Å². The molecule has 0 aromatic heterocycles. The minimum atomic E-state index is 0.219. The molecule has 2 atom stereocenters. The molecule has 1 aliphatic carbocycles. The molecule has 0 bridgehead atoms. The van der Waals surface area contributed by atoms with Gasteiger partial charge in [-0.1, -0.05) is 12.2 Å². The van der Waals surface area contributed by atoms with Crippen LogP contribution in [0.4, 0.5) is 4.79 Å². The molecule has 0 aromatic rings. The van der Waals surface area contributed by atoms with Crippen LogP contribution in [-0.2, 0) is 0 Å². The molecule has 1 saturated heterocycles. The van der Waals surface area contributed by atoms with Crippen molar-refractivity contribution in [3.63, 3.8) is 0 Å². The molecule has 14 heavy (non-hydrogen) atoms. The smallest absolute Gasteiger partial charge is 0.320 e. The van der Waals surface area contributed by atoms with Crippen LogP contribution in [-0.4, -0.2) is 41.0 Å². The highest BCUT2D eigenvalue weighted by atomic mass is 16.2. The normalized spacial score (nSPS) is 31.1. The first kappa shape index (κ1) is 9.56. The Hall–Kier alpha value is -0.990. The van der Waals surface area contributed by atoms with Crippen molar-refractivity contribution in [1.29, 1.82) is 0 Å². The second kappa shape index (κ2) is 3.64. The summed E-state index contributed by atoms with van der Waals surface area (Å²) in [7, 11) is 0. The summed E-state index contributed by atoms with van der Waals surface area (Å²) >= 11 is 0. The summed E-state index contributed by atoms with van der Waals surface area (Å²) in [5.74, 6) is 0. The van der Waals surface area contributed by atoms with Crippen LogP contribution in [0.5, 0.6) is 0 Å². The summed E-state index contributed by atoms with van der Waals surface area (Å²) < 4.78 is 0. The summed E-state index contributed by atoms with van der Waals surface area (Å²) in [6.45, 7) is 5.77. The summed E-state index contributed by atoms with van der Waals surface area (Å²) in [5.41, 5.74) is 0. The number of rotatable bonds is 2. The maximum atomic E-state index is 12.0. The van der Waals surface area contributed by atoms with Gasteiger partial charge in [0.1, 0.15) is 0 Å². The third-order valence-electron chi connectivity index (χ3n) is 3.29. The summed E-state index contributed by atoms with van der Waals surface area (Å²) in [6, 6.07) is 0.982. The van der Waals surface area contributed by atoms with E-state index in [4.69, 9.17) is 0 Å². The summed E-state index contributed by atoms with van der Waals surface area (Å²) in [6.07, 6.45) is 6.64. The van der Waals surface area contributed by atoms with Gasteiger partial charge in [0.2, 0.25) is 0 Å². The fraction of sp³-hybridized carbons (Fsp3) is 0.727. The highest BCUT2D eigenvalue weighted by Gasteiger charge is 2.43. The van der Waals surface area contributed by atoms with E-state index in [2.05, 4.69) is 26.0 Å². The van der Waals surface area contributed by atoms with Crippen LogP contribution in [0.3, 0.4) is 0 Å². The van der Waals surface area contributed by atoms with Crippen molar-refractivity contribution in [1.82, 2.24) is 9.80 Å². The van der Waals surface area contributed by atoms with E-state index in [1.165, 1.54) is 0 Å². The molecule has 2 rings (SSSR count). The molecule has 3 nitrogen and oxygen atoms in total. The minimum absolute atomic E-state index is 0.219. The lowest BCUT2D eigenvalue weighted by atomic mass is 9.96. The Balaban J connectivity index is 2.26. The molecule has 1 aliphatic heterocycles. The molecule has 0 spiro atoms. The third kappa shape index (κ3) is 1.22. The molecule has 2 aliphatic rings. The van der Waals surface area contributed by atoms with E-state index >= 15 is 0 Å². The SMILES string of the molecule is CCN1C(=O)N(CC)[C@H]2C=CCC[C@H]21. The molecule has 1 heterocycles. The van der Waals surface area contributed by atoms with Crippen molar-refractivity contribution >= 4 is 6.03 Å². The van der Waals surface area contributed by atoms with Gasteiger partial charge in [0, 0.05) is 13.1 Å². The van der Waals surface area contributed by atoms with Crippen LogP contribution in [0.1, 0.15) is 26.7 Å². The van der Waals surface area contributed by atoms with Gasteiger partial charge in [-0.3, -0.25) is 0 Å². The average molecular weight is 194 g/mol. The van der Waals surface area contributed by atoms with Crippen LogP contribution in [0, 0.1) is 0 Å². The second-order valence-electron chi connectivity index (χ2n) is 3.92. The number of amides is 2. The highest BCUT2D eigenvalue weighted by molar-refractivity contribution is 5.78. The van der Waals surface area contributed by atoms with Gasteiger partial charge in [0.25, 0.3) is 0 Å². The fourth-order valence-corrected chi connectivity index (χ4v) is 2.60. The molecule has 0 aromatic carbocycles. The molecule has 0 unspecified atom stereocenters. The van der Waals surface area contributed by atoms with Crippen molar-refractivity contribution in [2.75, 3.05) is 13.1 Å². The molecule has 0 saturated carbocycles. The number of hydrogen-bond donors (Lipinski definition) is 0. The summed E-state index contributed by atoms with van der Waals surface area (Å²) in [5, 5.41) is 0. The van der Waals surface area contributed by atoms with Crippen molar-refractivity contribution in [3.05, 3.63) is 12.2 Å². The number of allylic oxidation sites excluding steroid dienone is 1. The lowest BCUT2D eigenvalue weighted by molar-refractivity contribution is 0.189. The van der Waals surface area contributed by atoms with Gasteiger partial charge in [0.15, 0.2) is 0 Å². The van der Waals surface area contributed by atoms with E-state index in [1.807, 2.05) is 9.80 Å². The largest absolute Gasteiger partial charge is 0.320 e. The van der Waals surface area contributed by atoms with E-state index in [0.29, 0.717) is 12.1 Å². The van der Waals surface area contributed by atoms with Crippen molar-refractivity contribution in [2.24, 2.45) is 0 Å². The van der Waals surface area contributed by atoms with Crippen molar-refractivity contribution in [2.45, 2.75) is 38.8 Å². The molecular weight excluding hydrogens is 176 g/mol. The van der Waals surface area contributed by atoms with Crippen LogP contribution < -0.4 is 0 Å². The zero-order valence-electron chi connectivity index (χ0n) is 8.94. The Morgan fingerprint density at radius 3 is 2.71 bits per heavy atom. The Bertz CT molecular complexity index is 262. The Kier molecular flexibility index (Phi) is 2.48. The topological polar surface area (TPSA) is 23.6 Å². The zero-order valence-corrected chi connectivity index (χ0v) is 8.94. The first-order valence-corrected chi connectivity index (χ1v) is 5.53. The van der Waals surface area contributed by atoms with Gasteiger partial charge in [-0.25, -0.2) is 4.79 Å². The number of likely N-dealkylation sites (N-methyl/N-ethyl adjacent to an activating group) is 2. The minimum Gasteiger partial charge on any atom is -0.320 e. The van der Waals surface area contributed by atoms with Crippen LogP contribution >= 0.6 is 0 Å². The number of carbonyl (C=O) groups is 1. The van der Waals surface area contributed by atoms with Crippen LogP contribution in [0.15, 0.2) is 12.2 Å². The van der Waals surface area contributed by atoms with Crippen molar-refractivity contribution < 1.29 is 4.79 Å². The monoisotopic (exact) mass is 194 g/mol. The van der Waals surface area contributed by atoms with E-state index in [-0.39, 0.29) is 6.03 Å². The number of nitrogens with zero attached hydrogens (tertiary/aromatic N) is 2. The number of urea groups is 1. The van der Waals surface area contributed by atoms with Gasteiger partial charge in [0.05, 0.1) is 12.1 Å². The zero-order chi connectivity index (χ0) is 10.1. The average Bonchev–Trinajstić information content (AvgIpc) is 2.49. The maximum Gasteiger partial charge on any atom is 0.320 e. The van der Waals surface area contributed by atoms with Crippen LogP contribution in [0.2, 0.25) is 0 Å². The predicted molar refractivity (Wildman–Crippen MR) is 56.1 cm³/mol. The molecular formula is C11H18N2O. The first-order valence-electron chi connectivity index (χ1n) is 5.53. The molecule has 78 valence electrons. The van der Waals surface area contributed by atoms with Gasteiger partial charge in [-0.2, -0.15) is 0 Å². The molecule has 0 N–H and O–H groups in total. The number of carbonyl (C=O) groups excluding carboxylic acids is 1. The Morgan fingerprint density at radius 2 is 2.07 bits per heavy atom. The molecule has 0 radical (unpaired) electrons. The predicted octanol–water partition coefficient (Wildman–Crippen LogP) is 1.85. The van der Waals surface area contributed by atoms with Gasteiger partial charge >= 0.3 is 6.03 Å². The Labute approximate surface area is 85.4 Å². The van der Waals surface area contributed by atoms with Gasteiger partial charge in [-0.05, 0) is 26.7 Å². The molecule has 2 amide bonds. The maximum absolute atomic E-state index is 12.0. The lowest BCUT2D eigenvalue weighted by Gasteiger charge is -2.27. The lowest BCUT2D eigenvalue weighted by Crippen LogP contribution is -2.37. The third-order valence-corrected chi connectivity index (χ3v) is 3.29. The van der Waals surface area contributed by atoms with E-state index in [1.54, 1.807) is 0 Å². The first-order chi connectivity index (χ1) is 6.79. The standard InChI is InChI=1S/C11H18N2O/c1-3-12-9-7-5-6-8-10(9)13(4-2)11(12)14/h5,7,9-10H,3-4,6,8H2,1-2H3/t9-,10+/m0/s1. The van der Waals surface area contributed by atoms with Gasteiger partial charge in [-0.15, -0.1) is 0 Å². The highest BCUT2D eigenvalue weighted by Crippen LogP contribution is 2.29. The van der Waals surface area contributed by atoms with E-state index < -0.39 is 0 Å². The molecule has 1 fully saturated rings. The second-order valence-corrected chi connectivity index (χ2v) is 3.92. The van der Waals surface area contributed by atoms with Gasteiger partial charge < -0.3 is 9.80 Å². The van der Waals surface area contributed by atoms with Crippen LogP contribution in [0.25, 0.3) is 0 Å².